The van der Waals surface area contributed by atoms with E-state index in [1.165, 1.54) is 0 Å². The Labute approximate surface area is 197 Å². The van der Waals surface area contributed by atoms with E-state index >= 15 is 0 Å². The molecule has 8 heteroatoms. The molecule has 0 amide bonds. The number of hydrogen-bond acceptors (Lipinski definition) is 7. The van der Waals surface area contributed by atoms with E-state index in [0.717, 1.165) is 31.1 Å². The van der Waals surface area contributed by atoms with Crippen molar-refractivity contribution in [3.05, 3.63) is 39.2 Å². The van der Waals surface area contributed by atoms with E-state index in [2.05, 4.69) is 13.8 Å². The summed E-state index contributed by atoms with van der Waals surface area (Å²) < 4.78 is 24.6. The summed E-state index contributed by atoms with van der Waals surface area (Å²) in [5, 5.41) is 0.874. The standard InChI is InChI=1S/C25H29ClO7/c1-12-5-8-18-14(3)22(30-23-25(18)17(12)9-10-24(4,31-23)32-33-25)28-15-6-7-16-13(2)20(26)21(27)29-19(16)11-15/h6-7,11-12,14,17-18,22-23H,5,8-10H2,1-4H3/t12-,14-,17+,18+,22+,23-,24-,25-/m1/s1. The van der Waals surface area contributed by atoms with Crippen molar-refractivity contribution in [1.82, 2.24) is 0 Å². The predicted octanol–water partition coefficient (Wildman–Crippen LogP) is 5.34. The number of halogens is 1. The van der Waals surface area contributed by atoms with E-state index in [1.807, 2.05) is 19.1 Å². The largest absolute Gasteiger partial charge is 0.464 e. The molecule has 1 aromatic heterocycles. The van der Waals surface area contributed by atoms with Gasteiger partial charge in [-0.05, 0) is 62.6 Å². The Hall–Kier alpha value is -1.64. The Morgan fingerprint density at radius 3 is 2.76 bits per heavy atom. The molecule has 0 unspecified atom stereocenters. The maximum Gasteiger partial charge on any atom is 0.355 e. The first-order chi connectivity index (χ1) is 15.7. The maximum absolute atomic E-state index is 12.0. The SMILES string of the molecule is Cc1c(Cl)c(=O)oc2cc(O[C@H]3O[C@@H]4O[C@@]5(C)CC[C@H]6[C@H](C)CC[C@@H]([C@H]3C)[C@@]46OO5)ccc12. The van der Waals surface area contributed by atoms with Crippen LogP contribution in [0.3, 0.4) is 0 Å². The molecule has 1 spiro atoms. The molecule has 2 aromatic rings. The van der Waals surface area contributed by atoms with Gasteiger partial charge in [0.2, 0.25) is 12.1 Å². The number of aryl methyl sites for hydroxylation is 1. The van der Waals surface area contributed by atoms with Gasteiger partial charge in [-0.3, -0.25) is 0 Å². The van der Waals surface area contributed by atoms with Crippen LogP contribution in [0.2, 0.25) is 5.02 Å². The van der Waals surface area contributed by atoms with Gasteiger partial charge in [-0.2, -0.15) is 0 Å². The Morgan fingerprint density at radius 1 is 1.12 bits per heavy atom. The van der Waals surface area contributed by atoms with Crippen LogP contribution in [-0.4, -0.2) is 24.0 Å². The lowest BCUT2D eigenvalue weighted by molar-refractivity contribution is -0.575. The molecule has 33 heavy (non-hydrogen) atoms. The van der Waals surface area contributed by atoms with Gasteiger partial charge in [0.15, 0.2) is 11.9 Å². The molecule has 4 aliphatic heterocycles. The molecular formula is C25H29ClO7. The molecule has 5 heterocycles. The first-order valence-electron chi connectivity index (χ1n) is 11.8. The fourth-order valence-corrected chi connectivity index (χ4v) is 6.67. The second-order valence-electron chi connectivity index (χ2n) is 10.4. The van der Waals surface area contributed by atoms with Gasteiger partial charge < -0.3 is 18.6 Å². The van der Waals surface area contributed by atoms with E-state index in [1.54, 1.807) is 13.0 Å². The molecule has 4 saturated heterocycles. The van der Waals surface area contributed by atoms with Crippen LogP contribution in [0.5, 0.6) is 5.75 Å². The Morgan fingerprint density at radius 2 is 1.94 bits per heavy atom. The maximum atomic E-state index is 12.0. The molecular weight excluding hydrogens is 448 g/mol. The summed E-state index contributed by atoms with van der Waals surface area (Å²) in [5.74, 6) is 0.749. The normalized spacial score (nSPS) is 42.1. The van der Waals surface area contributed by atoms with Crippen LogP contribution >= 0.6 is 11.6 Å². The summed E-state index contributed by atoms with van der Waals surface area (Å²) in [6.45, 7) is 8.14. The highest BCUT2D eigenvalue weighted by atomic mass is 35.5. The van der Waals surface area contributed by atoms with Crippen LogP contribution in [0.15, 0.2) is 27.4 Å². The van der Waals surface area contributed by atoms with E-state index in [-0.39, 0.29) is 16.9 Å². The Balaban J connectivity index is 1.34. The molecule has 1 aromatic carbocycles. The fourth-order valence-electron chi connectivity index (χ4n) is 6.53. The molecule has 1 aliphatic carbocycles. The number of benzene rings is 1. The highest BCUT2D eigenvalue weighted by molar-refractivity contribution is 6.31. The molecule has 0 N–H and O–H groups in total. The highest BCUT2D eigenvalue weighted by Gasteiger charge is 2.69. The summed E-state index contributed by atoms with van der Waals surface area (Å²) in [6, 6.07) is 5.41. The summed E-state index contributed by atoms with van der Waals surface area (Å²) in [4.78, 5) is 24.1. The van der Waals surface area contributed by atoms with E-state index in [0.29, 0.717) is 28.7 Å². The topological polar surface area (TPSA) is 76.4 Å². The zero-order valence-corrected chi connectivity index (χ0v) is 20.0. The lowest BCUT2D eigenvalue weighted by Gasteiger charge is -2.60. The zero-order chi connectivity index (χ0) is 23.1. The van der Waals surface area contributed by atoms with Gasteiger partial charge in [-0.15, -0.1) is 0 Å². The van der Waals surface area contributed by atoms with E-state index in [9.17, 15) is 4.79 Å². The number of rotatable bonds is 2. The molecule has 0 radical (unpaired) electrons. The van der Waals surface area contributed by atoms with Gasteiger partial charge in [0.1, 0.15) is 16.4 Å². The van der Waals surface area contributed by atoms with Crippen molar-refractivity contribution in [3.63, 3.8) is 0 Å². The lowest BCUT2D eigenvalue weighted by atomic mass is 9.58. The van der Waals surface area contributed by atoms with Gasteiger partial charge >= 0.3 is 5.63 Å². The second kappa shape index (κ2) is 7.43. The van der Waals surface area contributed by atoms with Crippen LogP contribution in [0.1, 0.15) is 52.0 Å². The van der Waals surface area contributed by atoms with Crippen LogP contribution in [-0.2, 0) is 19.2 Å². The van der Waals surface area contributed by atoms with Crippen molar-refractivity contribution in [3.8, 4) is 5.75 Å². The summed E-state index contributed by atoms with van der Waals surface area (Å²) in [6.07, 6.45) is 2.76. The second-order valence-corrected chi connectivity index (χ2v) is 10.8. The van der Waals surface area contributed by atoms with Crippen molar-refractivity contribution >= 4 is 22.6 Å². The molecule has 5 fully saturated rings. The fraction of sp³-hybridized carbons (Fsp3) is 0.640. The predicted molar refractivity (Wildman–Crippen MR) is 120 cm³/mol. The highest BCUT2D eigenvalue weighted by Crippen LogP contribution is 2.60. The molecule has 2 bridgehead atoms. The summed E-state index contributed by atoms with van der Waals surface area (Å²) in [7, 11) is 0. The van der Waals surface area contributed by atoms with Gasteiger partial charge in [-0.25, -0.2) is 14.6 Å². The van der Waals surface area contributed by atoms with Crippen molar-refractivity contribution in [1.29, 1.82) is 0 Å². The average molecular weight is 477 g/mol. The summed E-state index contributed by atoms with van der Waals surface area (Å²) in [5.41, 5.74) is -0.0651. The van der Waals surface area contributed by atoms with Crippen molar-refractivity contribution in [2.24, 2.45) is 23.7 Å². The van der Waals surface area contributed by atoms with Crippen molar-refractivity contribution < 1.29 is 28.4 Å². The summed E-state index contributed by atoms with van der Waals surface area (Å²) >= 11 is 6.06. The van der Waals surface area contributed by atoms with Crippen LogP contribution in [0.4, 0.5) is 0 Å². The van der Waals surface area contributed by atoms with Crippen molar-refractivity contribution in [2.75, 3.05) is 0 Å². The van der Waals surface area contributed by atoms with Gasteiger partial charge in [0.25, 0.3) is 0 Å². The average Bonchev–Trinajstić information content (AvgIpc) is 3.01. The molecule has 1 saturated carbocycles. The first-order valence-corrected chi connectivity index (χ1v) is 12.2. The van der Waals surface area contributed by atoms with Crippen LogP contribution in [0.25, 0.3) is 11.0 Å². The third-order valence-corrected chi connectivity index (χ3v) is 8.86. The minimum Gasteiger partial charge on any atom is -0.464 e. The quantitative estimate of drug-likeness (QED) is 0.427. The molecule has 178 valence electrons. The van der Waals surface area contributed by atoms with Gasteiger partial charge in [-0.1, -0.05) is 25.4 Å². The van der Waals surface area contributed by atoms with Crippen molar-refractivity contribution in [2.45, 2.75) is 77.3 Å². The number of ether oxygens (including phenoxy) is 3. The first kappa shape index (κ1) is 21.9. The monoisotopic (exact) mass is 476 g/mol. The lowest BCUT2D eigenvalue weighted by Crippen LogP contribution is -2.70. The molecule has 8 atom stereocenters. The van der Waals surface area contributed by atoms with Gasteiger partial charge in [0, 0.05) is 29.7 Å². The molecule has 7 rings (SSSR count). The van der Waals surface area contributed by atoms with E-state index < -0.39 is 29.6 Å². The van der Waals surface area contributed by atoms with Crippen LogP contribution < -0.4 is 10.4 Å². The van der Waals surface area contributed by atoms with Gasteiger partial charge in [0.05, 0.1) is 0 Å². The number of fused-ring (bicyclic) bond motifs is 3. The smallest absolute Gasteiger partial charge is 0.355 e. The Kier molecular flexibility index (Phi) is 4.92. The minimum absolute atomic E-state index is 0.0422. The third-order valence-electron chi connectivity index (χ3n) is 8.42. The number of hydrogen-bond donors (Lipinski definition) is 0. The molecule has 5 aliphatic rings. The Bertz CT molecular complexity index is 1160. The van der Waals surface area contributed by atoms with E-state index in [4.69, 9.17) is 40.0 Å². The zero-order valence-electron chi connectivity index (χ0n) is 19.3. The van der Waals surface area contributed by atoms with Crippen LogP contribution in [0, 0.1) is 30.6 Å². The molecule has 7 nitrogen and oxygen atoms in total. The third kappa shape index (κ3) is 3.13. The minimum atomic E-state index is -0.828.